The molecule has 0 aliphatic carbocycles. The number of hydrogen-bond donors (Lipinski definition) is 3. The van der Waals surface area contributed by atoms with Gasteiger partial charge in [0.15, 0.2) is 0 Å². The van der Waals surface area contributed by atoms with Crippen LogP contribution >= 0.6 is 27.5 Å². The van der Waals surface area contributed by atoms with Gasteiger partial charge in [-0.3, -0.25) is 0 Å². The van der Waals surface area contributed by atoms with Crippen LogP contribution in [0.4, 0.5) is 14.9 Å². The fraction of sp³-hybridized carbons (Fsp3) is 0.133. The van der Waals surface area contributed by atoms with Gasteiger partial charge in [-0.15, -0.1) is 0 Å². The number of aliphatic hydroxyl groups excluding tert-OH is 1. The molecule has 116 valence electrons. The van der Waals surface area contributed by atoms with Gasteiger partial charge in [0.2, 0.25) is 0 Å². The fourth-order valence-corrected chi connectivity index (χ4v) is 2.52. The van der Waals surface area contributed by atoms with Crippen LogP contribution in [0, 0.1) is 5.82 Å². The van der Waals surface area contributed by atoms with E-state index in [1.54, 1.807) is 24.3 Å². The van der Waals surface area contributed by atoms with Crippen LogP contribution in [0.1, 0.15) is 11.7 Å². The largest absolute Gasteiger partial charge is 0.386 e. The minimum atomic E-state index is -1.13. The van der Waals surface area contributed by atoms with Gasteiger partial charge in [0.1, 0.15) is 5.82 Å². The third-order valence-electron chi connectivity index (χ3n) is 2.90. The first-order valence-electron chi connectivity index (χ1n) is 6.40. The molecule has 0 radical (unpaired) electrons. The Hall–Kier alpha value is -1.63. The summed E-state index contributed by atoms with van der Waals surface area (Å²) in [6.45, 7) is -0.124. The van der Waals surface area contributed by atoms with Crippen molar-refractivity contribution >= 4 is 39.2 Å². The van der Waals surface area contributed by atoms with Gasteiger partial charge >= 0.3 is 6.03 Å². The summed E-state index contributed by atoms with van der Waals surface area (Å²) in [6.07, 6.45) is -1.13. The molecule has 2 aromatic rings. The summed E-state index contributed by atoms with van der Waals surface area (Å²) in [7, 11) is 0. The van der Waals surface area contributed by atoms with Crippen LogP contribution in [-0.4, -0.2) is 17.7 Å². The van der Waals surface area contributed by atoms with E-state index in [-0.39, 0.29) is 12.1 Å². The number of carbonyl (C=O) groups is 1. The molecule has 4 nitrogen and oxygen atoms in total. The Bertz CT molecular complexity index is 684. The van der Waals surface area contributed by atoms with E-state index in [0.717, 1.165) is 4.47 Å². The molecule has 3 N–H and O–H groups in total. The first-order chi connectivity index (χ1) is 10.5. The molecule has 2 amide bonds. The molecule has 0 heterocycles. The topological polar surface area (TPSA) is 61.4 Å². The monoisotopic (exact) mass is 386 g/mol. The molecule has 2 aromatic carbocycles. The zero-order valence-electron chi connectivity index (χ0n) is 11.3. The maximum Gasteiger partial charge on any atom is 0.319 e. The van der Waals surface area contributed by atoms with Gasteiger partial charge in [-0.2, -0.15) is 0 Å². The van der Waals surface area contributed by atoms with E-state index in [9.17, 15) is 14.3 Å². The molecule has 7 heteroatoms. The van der Waals surface area contributed by atoms with Crippen LogP contribution in [0.3, 0.4) is 0 Å². The number of hydrogen-bond acceptors (Lipinski definition) is 2. The average Bonchev–Trinajstić information content (AvgIpc) is 2.48. The van der Waals surface area contributed by atoms with E-state index in [1.165, 1.54) is 18.2 Å². The van der Waals surface area contributed by atoms with Crippen LogP contribution in [0.2, 0.25) is 5.02 Å². The third-order valence-corrected chi connectivity index (χ3v) is 3.71. The predicted octanol–water partition coefficient (Wildman–Crippen LogP) is 4.10. The van der Waals surface area contributed by atoms with E-state index < -0.39 is 18.0 Å². The highest BCUT2D eigenvalue weighted by molar-refractivity contribution is 9.10. The van der Waals surface area contributed by atoms with Crippen molar-refractivity contribution in [2.75, 3.05) is 11.9 Å². The van der Waals surface area contributed by atoms with Gasteiger partial charge in [0.05, 0.1) is 16.8 Å². The van der Waals surface area contributed by atoms with Crippen molar-refractivity contribution in [3.05, 3.63) is 63.3 Å². The molecule has 0 saturated heterocycles. The highest BCUT2D eigenvalue weighted by atomic mass is 79.9. The molecule has 0 fully saturated rings. The number of halogens is 3. The number of benzene rings is 2. The van der Waals surface area contributed by atoms with Gasteiger partial charge in [-0.25, -0.2) is 9.18 Å². The molecule has 0 spiro atoms. The lowest BCUT2D eigenvalue weighted by atomic mass is 10.1. The maximum atomic E-state index is 13.5. The second-order valence-corrected chi connectivity index (χ2v) is 5.82. The lowest BCUT2D eigenvalue weighted by Crippen LogP contribution is -2.32. The molecule has 1 atom stereocenters. The number of nitrogens with one attached hydrogen (secondary N) is 2. The number of urea groups is 1. The van der Waals surface area contributed by atoms with Gasteiger partial charge in [-0.1, -0.05) is 45.7 Å². The molecule has 0 bridgehead atoms. The Balaban J connectivity index is 1.91. The van der Waals surface area contributed by atoms with E-state index >= 15 is 0 Å². The average molecular weight is 388 g/mol. The van der Waals surface area contributed by atoms with Crippen molar-refractivity contribution in [3.63, 3.8) is 0 Å². The number of aliphatic hydroxyl groups is 1. The molecule has 1 unspecified atom stereocenters. The Morgan fingerprint density at radius 2 is 2.05 bits per heavy atom. The molecule has 2 rings (SSSR count). The summed E-state index contributed by atoms with van der Waals surface area (Å²) in [6, 6.07) is 10.3. The van der Waals surface area contributed by atoms with Crippen molar-refractivity contribution in [1.82, 2.24) is 5.32 Å². The standard InChI is InChI=1S/C15H13BrClFN2O2/c16-9-5-6-13(11(17)7-9)20-15(22)19-8-14(21)10-3-1-2-4-12(10)18/h1-7,14,21H,8H2,(H2,19,20,22). The lowest BCUT2D eigenvalue weighted by molar-refractivity contribution is 0.170. The van der Waals surface area contributed by atoms with E-state index in [1.807, 2.05) is 0 Å². The zero-order chi connectivity index (χ0) is 16.1. The van der Waals surface area contributed by atoms with Gasteiger partial charge < -0.3 is 15.7 Å². The summed E-state index contributed by atoms with van der Waals surface area (Å²) >= 11 is 9.25. The second-order valence-electron chi connectivity index (χ2n) is 4.50. The SMILES string of the molecule is O=C(NCC(O)c1ccccc1F)Nc1ccc(Br)cc1Cl. The van der Waals surface area contributed by atoms with Crippen LogP contribution in [-0.2, 0) is 0 Å². The predicted molar refractivity (Wildman–Crippen MR) is 87.5 cm³/mol. The highest BCUT2D eigenvalue weighted by Gasteiger charge is 2.13. The van der Waals surface area contributed by atoms with Crippen LogP contribution < -0.4 is 10.6 Å². The second kappa shape index (κ2) is 7.58. The molecule has 0 saturated carbocycles. The Morgan fingerprint density at radius 1 is 1.32 bits per heavy atom. The summed E-state index contributed by atoms with van der Waals surface area (Å²) in [5.74, 6) is -0.520. The molecule has 0 aliphatic heterocycles. The fourth-order valence-electron chi connectivity index (χ4n) is 1.80. The van der Waals surface area contributed by atoms with Crippen molar-refractivity contribution in [2.24, 2.45) is 0 Å². The smallest absolute Gasteiger partial charge is 0.319 e. The van der Waals surface area contributed by atoms with E-state index in [2.05, 4.69) is 26.6 Å². The van der Waals surface area contributed by atoms with E-state index in [4.69, 9.17) is 11.6 Å². The van der Waals surface area contributed by atoms with Crippen molar-refractivity contribution in [1.29, 1.82) is 0 Å². The maximum absolute atomic E-state index is 13.5. The molecule has 0 aliphatic rings. The van der Waals surface area contributed by atoms with Crippen molar-refractivity contribution < 1.29 is 14.3 Å². The highest BCUT2D eigenvalue weighted by Crippen LogP contribution is 2.25. The number of anilines is 1. The van der Waals surface area contributed by atoms with Crippen LogP contribution in [0.5, 0.6) is 0 Å². The molecule has 0 aromatic heterocycles. The van der Waals surface area contributed by atoms with Gasteiger partial charge in [0.25, 0.3) is 0 Å². The van der Waals surface area contributed by atoms with E-state index in [0.29, 0.717) is 10.7 Å². The summed E-state index contributed by atoms with van der Waals surface area (Å²) < 4.78 is 14.3. The minimum Gasteiger partial charge on any atom is -0.386 e. The molecular formula is C15H13BrClFN2O2. The number of carbonyl (C=O) groups excluding carboxylic acids is 1. The summed E-state index contributed by atoms with van der Waals surface area (Å²) in [5, 5.41) is 15.3. The number of rotatable bonds is 4. The first kappa shape index (κ1) is 16.7. The Labute approximate surface area is 140 Å². The van der Waals surface area contributed by atoms with Gasteiger partial charge in [-0.05, 0) is 24.3 Å². The van der Waals surface area contributed by atoms with Crippen LogP contribution in [0.15, 0.2) is 46.9 Å². The quantitative estimate of drug-likeness (QED) is 0.740. The van der Waals surface area contributed by atoms with Crippen molar-refractivity contribution in [2.45, 2.75) is 6.10 Å². The Morgan fingerprint density at radius 3 is 2.73 bits per heavy atom. The molecular weight excluding hydrogens is 375 g/mol. The first-order valence-corrected chi connectivity index (χ1v) is 7.57. The molecule has 22 heavy (non-hydrogen) atoms. The summed E-state index contributed by atoms with van der Waals surface area (Å²) in [4.78, 5) is 11.8. The minimum absolute atomic E-state index is 0.124. The zero-order valence-corrected chi connectivity index (χ0v) is 13.7. The Kier molecular flexibility index (Phi) is 5.76. The third kappa shape index (κ3) is 4.43. The van der Waals surface area contributed by atoms with Crippen LogP contribution in [0.25, 0.3) is 0 Å². The number of amides is 2. The normalized spacial score (nSPS) is 11.8. The van der Waals surface area contributed by atoms with Gasteiger partial charge in [0, 0.05) is 16.6 Å². The summed E-state index contributed by atoms with van der Waals surface area (Å²) in [5.41, 5.74) is 0.562. The van der Waals surface area contributed by atoms with Crippen molar-refractivity contribution in [3.8, 4) is 0 Å². The lowest BCUT2D eigenvalue weighted by Gasteiger charge is -2.14.